The van der Waals surface area contributed by atoms with Gasteiger partial charge in [-0.05, 0) is 25.1 Å². The van der Waals surface area contributed by atoms with Crippen molar-refractivity contribution in [3.63, 3.8) is 0 Å². The van der Waals surface area contributed by atoms with E-state index in [2.05, 4.69) is 10.3 Å². The fourth-order valence-corrected chi connectivity index (χ4v) is 1.97. The first kappa shape index (κ1) is 19.2. The average Bonchev–Trinajstić information content (AvgIpc) is 2.64. The number of allylic oxidation sites excluding steroid dienone is 1. The first-order chi connectivity index (χ1) is 13.0. The van der Waals surface area contributed by atoms with Crippen LogP contribution in [-0.2, 0) is 9.53 Å². The minimum atomic E-state index is -0.908. The number of esters is 1. The Morgan fingerprint density at radius 2 is 2.19 bits per heavy atom. The maximum absolute atomic E-state index is 12.1. The standard InChI is InChI=1S/C17H15N5O5/c1-2-27-16(25)13(7-11-14(23)21-17(26)22-15(11)24)20-9-10(8-18)12-5-3-4-6-19-12/h3-7,9,20H,2H2,1H3,(H3,21,22,23,24,26)/b10-9-,13-7-. The number of H-pyrrole nitrogens is 2. The molecule has 0 saturated carbocycles. The lowest BCUT2D eigenvalue weighted by atomic mass is 10.2. The molecule has 2 rings (SSSR count). The van der Waals surface area contributed by atoms with Crippen molar-refractivity contribution in [1.29, 1.82) is 5.26 Å². The van der Waals surface area contributed by atoms with Gasteiger partial charge >= 0.3 is 11.7 Å². The number of nitrogens with one attached hydrogen (secondary N) is 3. The molecule has 0 saturated heterocycles. The van der Waals surface area contributed by atoms with Gasteiger partial charge in [0, 0.05) is 12.4 Å². The molecule has 0 aromatic carbocycles. The second-order valence-corrected chi connectivity index (χ2v) is 4.98. The molecule has 0 unspecified atom stereocenters. The summed E-state index contributed by atoms with van der Waals surface area (Å²) < 4.78 is 4.89. The van der Waals surface area contributed by atoms with Gasteiger partial charge in [-0.15, -0.1) is 0 Å². The maximum Gasteiger partial charge on any atom is 0.354 e. The largest absolute Gasteiger partial charge is 0.494 e. The molecule has 0 aliphatic rings. The van der Waals surface area contributed by atoms with Crippen molar-refractivity contribution in [2.75, 3.05) is 6.61 Å². The van der Waals surface area contributed by atoms with Gasteiger partial charge in [0.25, 0.3) is 5.56 Å². The van der Waals surface area contributed by atoms with Crippen LogP contribution in [0.15, 0.2) is 45.9 Å². The van der Waals surface area contributed by atoms with E-state index in [0.29, 0.717) is 5.69 Å². The first-order valence-corrected chi connectivity index (χ1v) is 7.68. The third-order valence-corrected chi connectivity index (χ3v) is 3.18. The summed E-state index contributed by atoms with van der Waals surface area (Å²) in [5.74, 6) is -1.56. The summed E-state index contributed by atoms with van der Waals surface area (Å²) in [6.45, 7) is 1.64. The fraction of sp³-hybridized carbons (Fsp3) is 0.118. The van der Waals surface area contributed by atoms with E-state index in [9.17, 15) is 24.8 Å². The van der Waals surface area contributed by atoms with Crippen LogP contribution in [0.2, 0.25) is 0 Å². The number of carbonyl (C=O) groups excluding carboxylic acids is 1. The van der Waals surface area contributed by atoms with E-state index in [-0.39, 0.29) is 23.4 Å². The van der Waals surface area contributed by atoms with Crippen molar-refractivity contribution in [3.05, 3.63) is 68.4 Å². The Balaban J connectivity index is 2.46. The number of ether oxygens (including phenoxy) is 1. The quantitative estimate of drug-likeness (QED) is 0.319. The van der Waals surface area contributed by atoms with Crippen molar-refractivity contribution in [1.82, 2.24) is 20.3 Å². The molecule has 0 atom stereocenters. The molecule has 10 nitrogen and oxygen atoms in total. The molecule has 2 heterocycles. The van der Waals surface area contributed by atoms with E-state index in [0.717, 1.165) is 6.08 Å². The van der Waals surface area contributed by atoms with Crippen LogP contribution < -0.4 is 16.6 Å². The Morgan fingerprint density at radius 1 is 1.41 bits per heavy atom. The predicted octanol–water partition coefficient (Wildman–Crippen LogP) is 0.222. The lowest BCUT2D eigenvalue weighted by Gasteiger charge is -2.08. The molecule has 0 amide bonds. The Kier molecular flexibility index (Phi) is 6.27. The van der Waals surface area contributed by atoms with Gasteiger partial charge in [-0.2, -0.15) is 5.26 Å². The fourth-order valence-electron chi connectivity index (χ4n) is 1.97. The van der Waals surface area contributed by atoms with Gasteiger partial charge in [0.1, 0.15) is 17.3 Å². The smallest absolute Gasteiger partial charge is 0.354 e. The van der Waals surface area contributed by atoms with E-state index in [1.54, 1.807) is 25.1 Å². The molecule has 0 aliphatic heterocycles. The van der Waals surface area contributed by atoms with Crippen molar-refractivity contribution < 1.29 is 14.6 Å². The normalized spacial score (nSPS) is 11.6. The summed E-state index contributed by atoms with van der Waals surface area (Å²) in [6, 6.07) is 6.90. The predicted molar refractivity (Wildman–Crippen MR) is 94.9 cm³/mol. The highest BCUT2D eigenvalue weighted by Gasteiger charge is 2.14. The number of hydrogen-bond donors (Lipinski definition) is 4. The summed E-state index contributed by atoms with van der Waals surface area (Å²) >= 11 is 0. The monoisotopic (exact) mass is 369 g/mol. The lowest BCUT2D eigenvalue weighted by molar-refractivity contribution is -0.138. The highest BCUT2D eigenvalue weighted by atomic mass is 16.5. The molecule has 0 aliphatic carbocycles. The first-order valence-electron chi connectivity index (χ1n) is 7.68. The Labute approximate surface area is 152 Å². The van der Waals surface area contributed by atoms with Gasteiger partial charge in [-0.25, -0.2) is 9.59 Å². The summed E-state index contributed by atoms with van der Waals surface area (Å²) in [5, 5.41) is 21.6. The molecule has 0 spiro atoms. The Morgan fingerprint density at radius 3 is 2.78 bits per heavy atom. The van der Waals surface area contributed by atoms with Gasteiger partial charge in [-0.1, -0.05) is 6.07 Å². The molecule has 2 aromatic rings. The highest BCUT2D eigenvalue weighted by molar-refractivity contribution is 5.94. The van der Waals surface area contributed by atoms with Gasteiger partial charge in [0.2, 0.25) is 5.88 Å². The number of aromatic nitrogens is 3. The maximum atomic E-state index is 12.1. The van der Waals surface area contributed by atoms with Gasteiger partial charge in [0.05, 0.1) is 17.9 Å². The van der Waals surface area contributed by atoms with Crippen LogP contribution in [0.1, 0.15) is 18.2 Å². The van der Waals surface area contributed by atoms with Crippen LogP contribution in [0.3, 0.4) is 0 Å². The summed E-state index contributed by atoms with van der Waals surface area (Å²) in [7, 11) is 0. The van der Waals surface area contributed by atoms with Gasteiger partial charge < -0.3 is 15.2 Å². The number of nitriles is 1. The van der Waals surface area contributed by atoms with Crippen LogP contribution in [0, 0.1) is 11.3 Å². The van der Waals surface area contributed by atoms with Crippen LogP contribution in [0.25, 0.3) is 11.6 Å². The van der Waals surface area contributed by atoms with E-state index in [1.165, 1.54) is 12.4 Å². The average molecular weight is 369 g/mol. The Bertz CT molecular complexity index is 1040. The van der Waals surface area contributed by atoms with Gasteiger partial charge in [0.15, 0.2) is 0 Å². The van der Waals surface area contributed by atoms with Crippen LogP contribution in [-0.4, -0.2) is 32.6 Å². The molecule has 27 heavy (non-hydrogen) atoms. The second kappa shape index (κ2) is 8.82. The number of carbonyl (C=O) groups is 1. The van der Waals surface area contributed by atoms with Crippen molar-refractivity contribution in [3.8, 4) is 11.9 Å². The molecular weight excluding hydrogens is 354 g/mol. The van der Waals surface area contributed by atoms with E-state index < -0.39 is 23.1 Å². The molecule has 138 valence electrons. The third kappa shape index (κ3) is 4.93. The minimum absolute atomic E-state index is 0.0564. The molecule has 0 bridgehead atoms. The van der Waals surface area contributed by atoms with Crippen LogP contribution >= 0.6 is 0 Å². The summed E-state index contributed by atoms with van der Waals surface area (Å²) in [4.78, 5) is 43.1. The van der Waals surface area contributed by atoms with E-state index >= 15 is 0 Å². The van der Waals surface area contributed by atoms with Crippen molar-refractivity contribution in [2.24, 2.45) is 0 Å². The van der Waals surface area contributed by atoms with Crippen LogP contribution in [0.4, 0.5) is 0 Å². The molecule has 0 fully saturated rings. The Hall–Kier alpha value is -4.13. The zero-order chi connectivity index (χ0) is 19.8. The zero-order valence-electron chi connectivity index (χ0n) is 14.1. The second-order valence-electron chi connectivity index (χ2n) is 4.98. The van der Waals surface area contributed by atoms with Crippen LogP contribution in [0.5, 0.6) is 5.88 Å². The van der Waals surface area contributed by atoms with E-state index in [1.807, 2.05) is 16.0 Å². The number of aromatic amines is 2. The number of rotatable bonds is 6. The molecule has 4 N–H and O–H groups in total. The number of aromatic hydroxyl groups is 1. The lowest BCUT2D eigenvalue weighted by Crippen LogP contribution is -2.25. The minimum Gasteiger partial charge on any atom is -0.494 e. The highest BCUT2D eigenvalue weighted by Crippen LogP contribution is 2.12. The SMILES string of the molecule is CCOC(=O)/C(=C/c1c(O)[nH]c(=O)[nH]c1=O)N/C=C(/C#N)c1ccccn1. The zero-order valence-corrected chi connectivity index (χ0v) is 14.1. The topological polar surface area (TPSA) is 161 Å². The van der Waals surface area contributed by atoms with Gasteiger partial charge in [-0.3, -0.25) is 19.7 Å². The van der Waals surface area contributed by atoms with Crippen molar-refractivity contribution in [2.45, 2.75) is 6.92 Å². The third-order valence-electron chi connectivity index (χ3n) is 3.18. The summed E-state index contributed by atoms with van der Waals surface area (Å²) in [6.07, 6.45) is 3.70. The van der Waals surface area contributed by atoms with E-state index in [4.69, 9.17) is 4.74 Å². The number of hydrogen-bond acceptors (Lipinski definition) is 8. The number of nitrogens with zero attached hydrogens (tertiary/aromatic N) is 2. The number of pyridine rings is 1. The molecule has 0 radical (unpaired) electrons. The molecule has 2 aromatic heterocycles. The molecule has 10 heteroatoms. The van der Waals surface area contributed by atoms with Crippen molar-refractivity contribution >= 4 is 17.6 Å². The summed E-state index contributed by atoms with van der Waals surface area (Å²) in [5.41, 5.74) is -1.94. The molecular formula is C17H15N5O5.